The van der Waals surface area contributed by atoms with Crippen LogP contribution in [0.25, 0.3) is 0 Å². The summed E-state index contributed by atoms with van der Waals surface area (Å²) >= 11 is 8.90. The summed E-state index contributed by atoms with van der Waals surface area (Å²) in [6.45, 7) is 0.207. The molecule has 0 aromatic heterocycles. The fourth-order valence-corrected chi connectivity index (χ4v) is 3.44. The SMILES string of the molecule is CSc1ccccc1C(=O)OCC(=O)NCCSc1ccc(Cl)cc1. The summed E-state index contributed by atoms with van der Waals surface area (Å²) < 4.78 is 5.08. The van der Waals surface area contributed by atoms with E-state index in [0.717, 1.165) is 15.5 Å². The van der Waals surface area contributed by atoms with Gasteiger partial charge in [0.1, 0.15) is 0 Å². The van der Waals surface area contributed by atoms with E-state index >= 15 is 0 Å². The van der Waals surface area contributed by atoms with Crippen molar-refractivity contribution in [2.75, 3.05) is 25.2 Å². The monoisotopic (exact) mass is 395 g/mol. The Bertz CT molecular complexity index is 723. The second-order valence-electron chi connectivity index (χ2n) is 4.93. The number of esters is 1. The summed E-state index contributed by atoms with van der Waals surface area (Å²) in [4.78, 5) is 25.7. The number of carbonyl (C=O) groups is 2. The van der Waals surface area contributed by atoms with Crippen LogP contribution in [0.3, 0.4) is 0 Å². The summed E-state index contributed by atoms with van der Waals surface area (Å²) in [6.07, 6.45) is 1.89. The van der Waals surface area contributed by atoms with E-state index in [1.807, 2.05) is 42.7 Å². The molecule has 132 valence electrons. The maximum absolute atomic E-state index is 12.0. The van der Waals surface area contributed by atoms with Gasteiger partial charge < -0.3 is 10.1 Å². The fourth-order valence-electron chi connectivity index (χ4n) is 1.96. The van der Waals surface area contributed by atoms with Crippen LogP contribution >= 0.6 is 35.1 Å². The van der Waals surface area contributed by atoms with Crippen molar-refractivity contribution in [1.82, 2.24) is 5.32 Å². The second-order valence-corrected chi connectivity index (χ2v) is 7.38. The first-order valence-corrected chi connectivity index (χ1v) is 10.1. The summed E-state index contributed by atoms with van der Waals surface area (Å²) in [5.41, 5.74) is 0.473. The lowest BCUT2D eigenvalue weighted by Gasteiger charge is -2.08. The molecule has 0 aliphatic carbocycles. The summed E-state index contributed by atoms with van der Waals surface area (Å²) in [7, 11) is 0. The van der Waals surface area contributed by atoms with E-state index in [1.54, 1.807) is 23.9 Å². The van der Waals surface area contributed by atoms with Crippen LogP contribution < -0.4 is 5.32 Å². The quantitative estimate of drug-likeness (QED) is 0.414. The highest BCUT2D eigenvalue weighted by Gasteiger charge is 2.13. The number of hydrogen-bond acceptors (Lipinski definition) is 5. The van der Waals surface area contributed by atoms with E-state index in [4.69, 9.17) is 16.3 Å². The van der Waals surface area contributed by atoms with E-state index in [2.05, 4.69) is 5.32 Å². The third-order valence-electron chi connectivity index (χ3n) is 3.17. The molecule has 0 spiro atoms. The molecule has 1 amide bonds. The molecule has 0 atom stereocenters. The van der Waals surface area contributed by atoms with Gasteiger partial charge in [0.25, 0.3) is 5.91 Å². The zero-order valence-electron chi connectivity index (χ0n) is 13.7. The Morgan fingerprint density at radius 3 is 2.56 bits per heavy atom. The van der Waals surface area contributed by atoms with Crippen LogP contribution in [0.1, 0.15) is 10.4 Å². The van der Waals surface area contributed by atoms with Crippen molar-refractivity contribution in [2.45, 2.75) is 9.79 Å². The van der Waals surface area contributed by atoms with Gasteiger partial charge in [-0.05, 0) is 42.7 Å². The molecular weight excluding hydrogens is 378 g/mol. The zero-order valence-corrected chi connectivity index (χ0v) is 16.0. The number of thioether (sulfide) groups is 2. The summed E-state index contributed by atoms with van der Waals surface area (Å²) in [6, 6.07) is 14.7. The molecule has 2 aromatic rings. The van der Waals surface area contributed by atoms with Gasteiger partial charge in [-0.25, -0.2) is 4.79 Å². The second kappa shape index (κ2) is 10.4. The molecule has 0 radical (unpaired) electrons. The number of rotatable bonds is 8. The molecule has 0 bridgehead atoms. The van der Waals surface area contributed by atoms with Gasteiger partial charge in [-0.3, -0.25) is 4.79 Å². The highest BCUT2D eigenvalue weighted by molar-refractivity contribution is 7.99. The molecule has 0 aliphatic heterocycles. The van der Waals surface area contributed by atoms with Crippen LogP contribution in [0.2, 0.25) is 5.02 Å². The van der Waals surface area contributed by atoms with Crippen LogP contribution in [-0.2, 0) is 9.53 Å². The molecule has 1 N–H and O–H groups in total. The fraction of sp³-hybridized carbons (Fsp3) is 0.222. The standard InChI is InChI=1S/C18H18ClNO3S2/c1-24-16-5-3-2-4-15(16)18(22)23-12-17(21)20-10-11-25-14-8-6-13(19)7-9-14/h2-9H,10-12H2,1H3,(H,20,21). The van der Waals surface area contributed by atoms with Crippen LogP contribution in [0, 0.1) is 0 Å². The van der Waals surface area contributed by atoms with Crippen molar-refractivity contribution in [3.8, 4) is 0 Å². The molecule has 0 aliphatic rings. The first kappa shape index (κ1) is 19.7. The van der Waals surface area contributed by atoms with Crippen molar-refractivity contribution in [2.24, 2.45) is 0 Å². The van der Waals surface area contributed by atoms with Gasteiger partial charge in [-0.2, -0.15) is 0 Å². The Morgan fingerprint density at radius 1 is 1.12 bits per heavy atom. The summed E-state index contributed by atoms with van der Waals surface area (Å²) in [5, 5.41) is 3.43. The maximum atomic E-state index is 12.0. The topological polar surface area (TPSA) is 55.4 Å². The van der Waals surface area contributed by atoms with Crippen LogP contribution in [0.5, 0.6) is 0 Å². The van der Waals surface area contributed by atoms with Crippen LogP contribution in [0.15, 0.2) is 58.3 Å². The predicted octanol–water partition coefficient (Wildman–Crippen LogP) is 4.13. The molecule has 0 heterocycles. The molecule has 0 unspecified atom stereocenters. The van der Waals surface area contributed by atoms with E-state index in [9.17, 15) is 9.59 Å². The van der Waals surface area contributed by atoms with Gasteiger partial charge in [0.2, 0.25) is 0 Å². The van der Waals surface area contributed by atoms with Crippen LogP contribution in [-0.4, -0.2) is 37.0 Å². The highest BCUT2D eigenvalue weighted by Crippen LogP contribution is 2.21. The molecule has 2 rings (SSSR count). The number of nitrogens with one attached hydrogen (secondary N) is 1. The average molecular weight is 396 g/mol. The van der Waals surface area contributed by atoms with Crippen molar-refractivity contribution in [1.29, 1.82) is 0 Å². The number of amides is 1. The first-order valence-electron chi connectivity index (χ1n) is 7.55. The first-order chi connectivity index (χ1) is 12.1. The molecule has 0 fully saturated rings. The van der Waals surface area contributed by atoms with Gasteiger partial charge in [0.05, 0.1) is 5.56 Å². The summed E-state index contributed by atoms with van der Waals surface area (Å²) in [5.74, 6) is -0.0845. The smallest absolute Gasteiger partial charge is 0.339 e. The minimum Gasteiger partial charge on any atom is -0.452 e. The Morgan fingerprint density at radius 2 is 1.84 bits per heavy atom. The van der Waals surface area contributed by atoms with Crippen molar-refractivity contribution < 1.29 is 14.3 Å². The molecule has 4 nitrogen and oxygen atoms in total. The molecule has 2 aromatic carbocycles. The zero-order chi connectivity index (χ0) is 18.1. The highest BCUT2D eigenvalue weighted by atomic mass is 35.5. The maximum Gasteiger partial charge on any atom is 0.339 e. The number of halogens is 1. The molecule has 0 saturated heterocycles. The minimum atomic E-state index is -0.490. The van der Waals surface area contributed by atoms with Crippen molar-refractivity contribution >= 4 is 47.0 Å². The lowest BCUT2D eigenvalue weighted by Crippen LogP contribution is -2.30. The molecule has 25 heavy (non-hydrogen) atoms. The number of hydrogen-bond donors (Lipinski definition) is 1. The van der Waals surface area contributed by atoms with E-state index in [0.29, 0.717) is 17.1 Å². The Balaban J connectivity index is 1.68. The normalized spacial score (nSPS) is 10.3. The largest absolute Gasteiger partial charge is 0.452 e. The Hall–Kier alpha value is -1.63. The van der Waals surface area contributed by atoms with E-state index in [1.165, 1.54) is 11.8 Å². The molecule has 0 saturated carbocycles. The van der Waals surface area contributed by atoms with Gasteiger partial charge >= 0.3 is 5.97 Å². The third-order valence-corrected chi connectivity index (χ3v) is 5.23. The Labute approximate surface area is 160 Å². The molecule has 7 heteroatoms. The Kier molecular flexibility index (Phi) is 8.18. The minimum absolute atomic E-state index is 0.285. The van der Waals surface area contributed by atoms with Gasteiger partial charge in [-0.15, -0.1) is 23.5 Å². The number of carbonyl (C=O) groups excluding carboxylic acids is 2. The molecular formula is C18H18ClNO3S2. The average Bonchev–Trinajstić information content (AvgIpc) is 2.64. The van der Waals surface area contributed by atoms with Gasteiger partial charge in [0.15, 0.2) is 6.61 Å². The lowest BCUT2D eigenvalue weighted by atomic mass is 10.2. The lowest BCUT2D eigenvalue weighted by molar-refractivity contribution is -0.124. The number of ether oxygens (including phenoxy) is 1. The van der Waals surface area contributed by atoms with Crippen molar-refractivity contribution in [3.63, 3.8) is 0 Å². The number of benzene rings is 2. The third kappa shape index (κ3) is 6.65. The van der Waals surface area contributed by atoms with E-state index < -0.39 is 5.97 Å². The van der Waals surface area contributed by atoms with E-state index in [-0.39, 0.29) is 12.5 Å². The predicted molar refractivity (Wildman–Crippen MR) is 104 cm³/mol. The van der Waals surface area contributed by atoms with Gasteiger partial charge in [-0.1, -0.05) is 23.7 Å². The van der Waals surface area contributed by atoms with Crippen molar-refractivity contribution in [3.05, 3.63) is 59.1 Å². The van der Waals surface area contributed by atoms with Gasteiger partial charge in [0, 0.05) is 27.1 Å². The van der Waals surface area contributed by atoms with Crippen LogP contribution in [0.4, 0.5) is 0 Å².